The molecule has 0 radical (unpaired) electrons. The first-order valence-corrected chi connectivity index (χ1v) is 20.2. The molecule has 0 saturated heterocycles. The molecular weight excluding hydrogens is 723 g/mol. The van der Waals surface area contributed by atoms with Gasteiger partial charge in [-0.2, -0.15) is 0 Å². The van der Waals surface area contributed by atoms with E-state index in [9.17, 15) is 0 Å². The van der Waals surface area contributed by atoms with E-state index in [4.69, 9.17) is 19.4 Å². The molecule has 56 heavy (non-hydrogen) atoms. The first-order chi connectivity index (χ1) is 27.6. The van der Waals surface area contributed by atoms with Gasteiger partial charge in [0.05, 0.1) is 0 Å². The number of fused-ring (bicyclic) bond motifs is 8. The summed E-state index contributed by atoms with van der Waals surface area (Å²) in [6.07, 6.45) is 7.18. The molecule has 0 amide bonds. The van der Waals surface area contributed by atoms with E-state index in [1.54, 1.807) is 22.7 Å². The second-order valence-electron chi connectivity index (χ2n) is 14.0. The van der Waals surface area contributed by atoms with E-state index < -0.39 is 0 Å². The average Bonchev–Trinajstić information content (AvgIpc) is 3.92. The van der Waals surface area contributed by atoms with Crippen molar-refractivity contribution in [2.45, 2.75) is 6.42 Å². The highest BCUT2D eigenvalue weighted by atomic mass is 32.1. The van der Waals surface area contributed by atoms with E-state index in [0.717, 1.165) is 59.3 Å². The molecule has 0 fully saturated rings. The topological polar surface area (TPSA) is 51.8 Å². The fourth-order valence-electron chi connectivity index (χ4n) is 7.83. The smallest absolute Gasteiger partial charge is 0.165 e. The van der Waals surface area contributed by atoms with E-state index in [2.05, 4.69) is 158 Å². The van der Waals surface area contributed by atoms with Gasteiger partial charge >= 0.3 is 0 Å². The lowest BCUT2D eigenvalue weighted by Gasteiger charge is -2.13. The maximum atomic E-state index is 6.45. The van der Waals surface area contributed by atoms with Gasteiger partial charge in [0.15, 0.2) is 17.5 Å². The summed E-state index contributed by atoms with van der Waals surface area (Å²) in [5.74, 6) is 1.86. The zero-order valence-corrected chi connectivity index (χ0v) is 31.7. The Morgan fingerprint density at radius 2 is 1.20 bits per heavy atom. The van der Waals surface area contributed by atoms with Crippen LogP contribution in [0.2, 0.25) is 0 Å². The molecular formula is C50H31N3OS2. The van der Waals surface area contributed by atoms with Gasteiger partial charge in [-0.3, -0.25) is 0 Å². The van der Waals surface area contributed by atoms with Crippen LogP contribution in [0.3, 0.4) is 0 Å². The van der Waals surface area contributed by atoms with Crippen LogP contribution >= 0.6 is 22.7 Å². The number of hydrogen-bond donors (Lipinski definition) is 0. The van der Waals surface area contributed by atoms with Gasteiger partial charge in [-0.1, -0.05) is 116 Å². The summed E-state index contributed by atoms with van der Waals surface area (Å²) >= 11 is 3.57. The molecule has 0 N–H and O–H groups in total. The molecule has 0 aliphatic carbocycles. The van der Waals surface area contributed by atoms with Gasteiger partial charge in [0.25, 0.3) is 0 Å². The zero-order valence-electron chi connectivity index (χ0n) is 30.1. The monoisotopic (exact) mass is 753 g/mol. The van der Waals surface area contributed by atoms with Crippen molar-refractivity contribution in [2.24, 2.45) is 0 Å². The molecule has 11 aromatic rings. The lowest BCUT2D eigenvalue weighted by Crippen LogP contribution is -2.15. The first kappa shape index (κ1) is 32.7. The Labute approximate surface area is 329 Å². The quantitative estimate of drug-likeness (QED) is 0.170. The third-order valence-electron chi connectivity index (χ3n) is 10.6. The van der Waals surface area contributed by atoms with Crippen LogP contribution in [-0.2, 0) is 6.42 Å². The van der Waals surface area contributed by atoms with Gasteiger partial charge in [0.1, 0.15) is 11.2 Å². The zero-order chi connectivity index (χ0) is 37.2. The van der Waals surface area contributed by atoms with Crippen molar-refractivity contribution in [2.75, 3.05) is 0 Å². The molecule has 4 heterocycles. The summed E-state index contributed by atoms with van der Waals surface area (Å²) in [6.45, 7) is 4.38. The number of furan rings is 1. The van der Waals surface area contributed by atoms with E-state index in [-0.39, 0.29) is 0 Å². The van der Waals surface area contributed by atoms with Gasteiger partial charge in [-0.25, -0.2) is 15.0 Å². The molecule has 6 heteroatoms. The number of thiophene rings is 2. The van der Waals surface area contributed by atoms with Crippen molar-refractivity contribution < 1.29 is 4.42 Å². The van der Waals surface area contributed by atoms with Crippen molar-refractivity contribution in [3.63, 3.8) is 0 Å². The largest absolute Gasteiger partial charge is 0.456 e. The molecule has 264 valence electrons. The van der Waals surface area contributed by atoms with Crippen molar-refractivity contribution >= 4 is 98.3 Å². The number of aromatic nitrogens is 3. The minimum atomic E-state index is 0.613. The Bertz CT molecular complexity index is 3500. The highest BCUT2D eigenvalue weighted by Gasteiger charge is 2.21. The molecule has 11 rings (SSSR count). The van der Waals surface area contributed by atoms with Gasteiger partial charge in [-0.15, -0.1) is 22.7 Å². The average molecular weight is 754 g/mol. The second kappa shape index (κ2) is 13.2. The minimum absolute atomic E-state index is 0.613. The van der Waals surface area contributed by atoms with E-state index in [0.29, 0.717) is 23.9 Å². The Kier molecular flexibility index (Phi) is 7.72. The van der Waals surface area contributed by atoms with E-state index in [1.807, 2.05) is 12.1 Å². The maximum Gasteiger partial charge on any atom is 0.165 e. The van der Waals surface area contributed by atoms with Crippen LogP contribution in [0.5, 0.6) is 0 Å². The van der Waals surface area contributed by atoms with Gasteiger partial charge in [0, 0.05) is 56.9 Å². The standard InChI is InChI=1S/C50H31N3OS2/c1-30-36-15-6-10-20-43(36)55-42(30)19-9-4-13-32-24-26-41-47(38-17-5-8-18-40(38)54-41)46(32)50-52-48(34-23-22-31-12-2-3-14-33(31)28-34)51-49(53-50)35-25-27-45-39(29-35)37-16-7-11-21-44(37)56-45/h2-12,14-29H,1,13H2/b9-4-,42-19+. The maximum absolute atomic E-state index is 6.45. The number of rotatable bonds is 6. The summed E-state index contributed by atoms with van der Waals surface area (Å²) in [6, 6.07) is 50.8. The van der Waals surface area contributed by atoms with Gasteiger partial charge < -0.3 is 4.42 Å². The molecule has 0 aliphatic heterocycles. The third-order valence-corrected chi connectivity index (χ3v) is 12.9. The number of para-hydroxylation sites is 1. The number of hydrogen-bond acceptors (Lipinski definition) is 6. The lowest BCUT2D eigenvalue weighted by atomic mass is 9.97. The van der Waals surface area contributed by atoms with Crippen molar-refractivity contribution in [1.29, 1.82) is 0 Å². The Hall–Kier alpha value is -6.73. The van der Waals surface area contributed by atoms with Crippen molar-refractivity contribution in [1.82, 2.24) is 15.0 Å². The molecule has 4 aromatic heterocycles. The van der Waals surface area contributed by atoms with Crippen LogP contribution in [0.1, 0.15) is 5.56 Å². The lowest BCUT2D eigenvalue weighted by molar-refractivity contribution is 0.669. The van der Waals surface area contributed by atoms with Crippen LogP contribution < -0.4 is 9.75 Å². The summed E-state index contributed by atoms with van der Waals surface area (Å²) in [7, 11) is 0. The molecule has 7 aromatic carbocycles. The number of nitrogens with zero attached hydrogens (tertiary/aromatic N) is 3. The summed E-state index contributed by atoms with van der Waals surface area (Å²) in [4.78, 5) is 15.9. The summed E-state index contributed by atoms with van der Waals surface area (Å²) < 4.78 is 11.4. The SMILES string of the molecule is C=c1/c(=C\C=C/Cc2ccc3oc4ccccc4c3c2-c2nc(-c3ccc4ccccc4c3)nc(-c3ccc4sc5ccccc5c4c3)n2)sc2ccccc12. The Morgan fingerprint density at radius 1 is 0.536 bits per heavy atom. The molecule has 0 saturated carbocycles. The van der Waals surface area contributed by atoms with Gasteiger partial charge in [-0.05, 0) is 88.0 Å². The highest BCUT2D eigenvalue weighted by Crippen LogP contribution is 2.40. The molecule has 0 bridgehead atoms. The molecule has 0 atom stereocenters. The predicted octanol–water partition coefficient (Wildman–Crippen LogP) is 12.5. The third kappa shape index (κ3) is 5.53. The number of benzene rings is 7. The Morgan fingerprint density at radius 3 is 2.04 bits per heavy atom. The molecule has 0 spiro atoms. The second-order valence-corrected chi connectivity index (χ2v) is 16.2. The fraction of sp³-hybridized carbons (Fsp3) is 0.0200. The van der Waals surface area contributed by atoms with Gasteiger partial charge in [0.2, 0.25) is 0 Å². The highest BCUT2D eigenvalue weighted by molar-refractivity contribution is 7.25. The van der Waals surface area contributed by atoms with Crippen LogP contribution in [0.4, 0.5) is 0 Å². The van der Waals surface area contributed by atoms with Crippen LogP contribution in [0, 0.1) is 0 Å². The van der Waals surface area contributed by atoms with Crippen LogP contribution in [0.15, 0.2) is 162 Å². The molecule has 0 unspecified atom stereocenters. The Balaban J connectivity index is 1.13. The van der Waals surface area contributed by atoms with E-state index in [1.165, 1.54) is 35.6 Å². The minimum Gasteiger partial charge on any atom is -0.456 e. The van der Waals surface area contributed by atoms with Crippen molar-refractivity contribution in [3.8, 4) is 34.2 Å². The predicted molar refractivity (Wildman–Crippen MR) is 238 cm³/mol. The van der Waals surface area contributed by atoms with Crippen LogP contribution in [-0.4, -0.2) is 15.0 Å². The van der Waals surface area contributed by atoms with Crippen molar-refractivity contribution in [3.05, 3.63) is 173 Å². The normalized spacial score (nSPS) is 12.5. The molecule has 4 nitrogen and oxygen atoms in total. The van der Waals surface area contributed by atoms with E-state index >= 15 is 0 Å². The summed E-state index contributed by atoms with van der Waals surface area (Å²) in [5, 5.41) is 9.04. The first-order valence-electron chi connectivity index (χ1n) is 18.6. The van der Waals surface area contributed by atoms with Crippen LogP contribution in [0.25, 0.3) is 110 Å². The molecule has 0 aliphatic rings. The summed E-state index contributed by atoms with van der Waals surface area (Å²) in [5.41, 5.74) is 5.55. The fourth-order valence-corrected chi connectivity index (χ4v) is 9.98. The number of allylic oxidation sites excluding steroid dienone is 2.